The van der Waals surface area contributed by atoms with E-state index in [1.54, 1.807) is 0 Å². The predicted octanol–water partition coefficient (Wildman–Crippen LogP) is 0.431. The van der Waals surface area contributed by atoms with E-state index in [2.05, 4.69) is 10.6 Å². The summed E-state index contributed by atoms with van der Waals surface area (Å²) in [6.45, 7) is 6.39. The third-order valence-electron chi connectivity index (χ3n) is 1.40. The lowest BCUT2D eigenvalue weighted by molar-refractivity contribution is 0.235. The third kappa shape index (κ3) is 5.97. The molecule has 0 radical (unpaired) electrons. The van der Waals surface area contributed by atoms with Gasteiger partial charge in [-0.2, -0.15) is 0 Å². The maximum atomic E-state index is 11.1. The minimum Gasteiger partial charge on any atom is -0.336 e. The molecular weight excluding hydrogens is 154 g/mol. The zero-order valence-electron chi connectivity index (χ0n) is 8.05. The number of carbonyl (C=O) groups excluding carboxylic acids is 1. The van der Waals surface area contributed by atoms with Crippen LogP contribution in [0.5, 0.6) is 0 Å². The molecule has 72 valence electrons. The Morgan fingerprint density at radius 2 is 1.92 bits per heavy atom. The van der Waals surface area contributed by atoms with E-state index in [1.165, 1.54) is 0 Å². The quantitative estimate of drug-likeness (QED) is 0.577. The van der Waals surface area contributed by atoms with E-state index in [4.69, 9.17) is 5.73 Å². The number of hydrogen-bond donors (Lipinski definition) is 3. The van der Waals surface area contributed by atoms with Crippen molar-refractivity contribution in [1.29, 1.82) is 0 Å². The Bertz CT molecular complexity index is 136. The summed E-state index contributed by atoms with van der Waals surface area (Å²) in [6.07, 6.45) is 0.811. The van der Waals surface area contributed by atoms with E-state index in [0.29, 0.717) is 6.54 Å². The van der Waals surface area contributed by atoms with E-state index in [0.717, 1.165) is 6.42 Å². The molecule has 0 bridgehead atoms. The lowest BCUT2D eigenvalue weighted by Crippen LogP contribution is -2.44. The van der Waals surface area contributed by atoms with Crippen molar-refractivity contribution in [2.45, 2.75) is 39.3 Å². The van der Waals surface area contributed by atoms with E-state index in [9.17, 15) is 4.79 Å². The minimum atomic E-state index is -0.119. The van der Waals surface area contributed by atoms with E-state index in [1.807, 2.05) is 20.8 Å². The molecule has 0 aromatic rings. The normalized spacial score (nSPS) is 12.8. The van der Waals surface area contributed by atoms with Crippen LogP contribution in [0.4, 0.5) is 4.79 Å². The predicted molar refractivity (Wildman–Crippen MR) is 49.9 cm³/mol. The molecule has 0 saturated carbocycles. The lowest BCUT2D eigenvalue weighted by Gasteiger charge is -2.15. The standard InChI is InChI=1S/C8H19N3O/c1-6(2)10-8(12)11-7(3)4-5-9/h6-7H,4-5,9H2,1-3H3,(H2,10,11,12). The molecule has 1 unspecified atom stereocenters. The summed E-state index contributed by atoms with van der Waals surface area (Å²) < 4.78 is 0. The summed E-state index contributed by atoms with van der Waals surface area (Å²) in [5.74, 6) is 0. The Balaban J connectivity index is 3.54. The molecule has 12 heavy (non-hydrogen) atoms. The molecule has 0 spiro atoms. The maximum absolute atomic E-state index is 11.1. The van der Waals surface area contributed by atoms with Gasteiger partial charge in [0.2, 0.25) is 0 Å². The number of amides is 2. The van der Waals surface area contributed by atoms with Crippen LogP contribution in [0.2, 0.25) is 0 Å². The van der Waals surface area contributed by atoms with Gasteiger partial charge in [-0.3, -0.25) is 0 Å². The Hall–Kier alpha value is -0.770. The smallest absolute Gasteiger partial charge is 0.315 e. The van der Waals surface area contributed by atoms with Gasteiger partial charge in [-0.1, -0.05) is 0 Å². The number of carbonyl (C=O) groups is 1. The molecule has 0 aliphatic rings. The highest BCUT2D eigenvalue weighted by molar-refractivity contribution is 5.74. The van der Waals surface area contributed by atoms with Gasteiger partial charge in [0.15, 0.2) is 0 Å². The van der Waals surface area contributed by atoms with E-state index in [-0.39, 0.29) is 18.1 Å². The van der Waals surface area contributed by atoms with Crippen LogP contribution in [0.25, 0.3) is 0 Å². The SMILES string of the molecule is CC(C)NC(=O)NC(C)CCN. The van der Waals surface area contributed by atoms with Gasteiger partial charge in [0.25, 0.3) is 0 Å². The first-order chi connectivity index (χ1) is 5.56. The molecule has 1 atom stereocenters. The van der Waals surface area contributed by atoms with Gasteiger partial charge in [-0.25, -0.2) is 4.79 Å². The van der Waals surface area contributed by atoms with Gasteiger partial charge in [0.05, 0.1) is 0 Å². The molecule has 4 N–H and O–H groups in total. The molecule has 4 heteroatoms. The fourth-order valence-corrected chi connectivity index (χ4v) is 0.850. The van der Waals surface area contributed by atoms with Crippen LogP contribution in [0, 0.1) is 0 Å². The first-order valence-electron chi connectivity index (χ1n) is 4.33. The molecular formula is C8H19N3O. The Kier molecular flexibility index (Phi) is 5.45. The molecule has 0 fully saturated rings. The van der Waals surface area contributed by atoms with E-state index >= 15 is 0 Å². The van der Waals surface area contributed by atoms with Crippen LogP contribution in [-0.4, -0.2) is 24.7 Å². The molecule has 4 nitrogen and oxygen atoms in total. The largest absolute Gasteiger partial charge is 0.336 e. The molecule has 0 aliphatic carbocycles. The minimum absolute atomic E-state index is 0.119. The number of nitrogens with one attached hydrogen (secondary N) is 2. The monoisotopic (exact) mass is 173 g/mol. The second-order valence-corrected chi connectivity index (χ2v) is 3.25. The van der Waals surface area contributed by atoms with Crippen molar-refractivity contribution in [3.8, 4) is 0 Å². The molecule has 0 saturated heterocycles. The van der Waals surface area contributed by atoms with Crippen molar-refractivity contribution in [3.05, 3.63) is 0 Å². The van der Waals surface area contributed by atoms with E-state index < -0.39 is 0 Å². The summed E-state index contributed by atoms with van der Waals surface area (Å²) in [4.78, 5) is 11.1. The van der Waals surface area contributed by atoms with Crippen LogP contribution >= 0.6 is 0 Å². The zero-order valence-corrected chi connectivity index (χ0v) is 8.05. The van der Waals surface area contributed by atoms with Crippen LogP contribution in [0.15, 0.2) is 0 Å². The van der Waals surface area contributed by atoms with Crippen molar-refractivity contribution in [2.75, 3.05) is 6.54 Å². The first kappa shape index (κ1) is 11.2. The highest BCUT2D eigenvalue weighted by atomic mass is 16.2. The second kappa shape index (κ2) is 5.83. The molecule has 2 amide bonds. The topological polar surface area (TPSA) is 67.2 Å². The number of nitrogens with two attached hydrogens (primary N) is 1. The van der Waals surface area contributed by atoms with Gasteiger partial charge in [-0.05, 0) is 33.7 Å². The van der Waals surface area contributed by atoms with Crippen molar-refractivity contribution < 1.29 is 4.79 Å². The highest BCUT2D eigenvalue weighted by Gasteiger charge is 2.05. The Labute approximate surface area is 73.9 Å². The summed E-state index contributed by atoms with van der Waals surface area (Å²) in [7, 11) is 0. The van der Waals surface area contributed by atoms with Gasteiger partial charge < -0.3 is 16.4 Å². The van der Waals surface area contributed by atoms with Crippen LogP contribution in [0.3, 0.4) is 0 Å². The van der Waals surface area contributed by atoms with Crippen molar-refractivity contribution in [2.24, 2.45) is 5.73 Å². The second-order valence-electron chi connectivity index (χ2n) is 3.25. The lowest BCUT2D eigenvalue weighted by atomic mass is 10.2. The highest BCUT2D eigenvalue weighted by Crippen LogP contribution is 1.87. The average molecular weight is 173 g/mol. The van der Waals surface area contributed by atoms with Crippen molar-refractivity contribution >= 4 is 6.03 Å². The molecule has 0 heterocycles. The number of urea groups is 1. The summed E-state index contributed by atoms with van der Waals surface area (Å²) in [5, 5.41) is 5.52. The van der Waals surface area contributed by atoms with Crippen molar-refractivity contribution in [3.63, 3.8) is 0 Å². The maximum Gasteiger partial charge on any atom is 0.315 e. The molecule has 0 aromatic heterocycles. The average Bonchev–Trinajstić information content (AvgIpc) is 1.84. The summed E-state index contributed by atoms with van der Waals surface area (Å²) >= 11 is 0. The molecule has 0 aliphatic heterocycles. The first-order valence-corrected chi connectivity index (χ1v) is 4.33. The van der Waals surface area contributed by atoms with Gasteiger partial charge in [-0.15, -0.1) is 0 Å². The summed E-state index contributed by atoms with van der Waals surface area (Å²) in [5.41, 5.74) is 5.33. The summed E-state index contributed by atoms with van der Waals surface area (Å²) in [6, 6.07) is 0.203. The van der Waals surface area contributed by atoms with Crippen LogP contribution in [-0.2, 0) is 0 Å². The Morgan fingerprint density at radius 1 is 1.33 bits per heavy atom. The fourth-order valence-electron chi connectivity index (χ4n) is 0.850. The fraction of sp³-hybridized carbons (Fsp3) is 0.875. The van der Waals surface area contributed by atoms with Gasteiger partial charge >= 0.3 is 6.03 Å². The van der Waals surface area contributed by atoms with Gasteiger partial charge in [0, 0.05) is 12.1 Å². The van der Waals surface area contributed by atoms with Gasteiger partial charge in [0.1, 0.15) is 0 Å². The Morgan fingerprint density at radius 3 is 2.33 bits per heavy atom. The van der Waals surface area contributed by atoms with Crippen LogP contribution < -0.4 is 16.4 Å². The number of hydrogen-bond acceptors (Lipinski definition) is 2. The number of rotatable bonds is 4. The molecule has 0 rings (SSSR count). The van der Waals surface area contributed by atoms with Crippen LogP contribution in [0.1, 0.15) is 27.2 Å². The third-order valence-corrected chi connectivity index (χ3v) is 1.40. The molecule has 0 aromatic carbocycles. The zero-order chi connectivity index (χ0) is 9.56. The van der Waals surface area contributed by atoms with Crippen molar-refractivity contribution in [1.82, 2.24) is 10.6 Å².